The molecule has 0 aliphatic carbocycles. The monoisotopic (exact) mass is 335 g/mol. The number of likely N-dealkylation sites (N-methyl/N-ethyl adjacent to an activating group) is 1. The van der Waals surface area contributed by atoms with Gasteiger partial charge in [-0.3, -0.25) is 4.90 Å². The molecule has 1 fully saturated rings. The Morgan fingerprint density at radius 3 is 2.76 bits per heavy atom. The van der Waals surface area contributed by atoms with Gasteiger partial charge in [-0.1, -0.05) is 30.3 Å². The number of nitrogen functional groups attached to an aromatic ring is 1. The predicted molar refractivity (Wildman–Crippen MR) is 97.4 cm³/mol. The van der Waals surface area contributed by atoms with Gasteiger partial charge in [0.1, 0.15) is 5.82 Å². The molecule has 0 bridgehead atoms. The van der Waals surface area contributed by atoms with E-state index in [4.69, 9.17) is 5.73 Å². The molecule has 4 rings (SSSR count). The molecule has 0 spiro atoms. The molecule has 1 saturated heterocycles. The van der Waals surface area contributed by atoms with Crippen molar-refractivity contribution in [3.63, 3.8) is 0 Å². The van der Waals surface area contributed by atoms with Crippen LogP contribution in [-0.4, -0.2) is 44.3 Å². The fourth-order valence-corrected chi connectivity index (χ4v) is 3.47. The minimum absolute atomic E-state index is 0.234. The van der Waals surface area contributed by atoms with Crippen LogP contribution >= 0.6 is 0 Å². The lowest BCUT2D eigenvalue weighted by Crippen LogP contribution is -2.29. The molecular weight excluding hydrogens is 314 g/mol. The van der Waals surface area contributed by atoms with Crippen LogP contribution in [0.15, 0.2) is 54.9 Å². The molecule has 128 valence electrons. The van der Waals surface area contributed by atoms with Crippen molar-refractivity contribution >= 4 is 11.8 Å². The lowest BCUT2D eigenvalue weighted by molar-refractivity contribution is 0.309. The summed E-state index contributed by atoms with van der Waals surface area (Å²) in [5.41, 5.74) is 7.20. The summed E-state index contributed by atoms with van der Waals surface area (Å²) in [6.07, 6.45) is 4.58. The van der Waals surface area contributed by atoms with Gasteiger partial charge in [0.25, 0.3) is 0 Å². The Labute approximate surface area is 146 Å². The maximum atomic E-state index is 5.90. The van der Waals surface area contributed by atoms with E-state index < -0.39 is 0 Å². The van der Waals surface area contributed by atoms with Gasteiger partial charge in [-0.25, -0.2) is 4.68 Å². The van der Waals surface area contributed by atoms with Crippen LogP contribution in [0.25, 0.3) is 5.82 Å². The summed E-state index contributed by atoms with van der Waals surface area (Å²) in [5, 5.41) is 7.76. The number of nitrogens with one attached hydrogen (secondary N) is 1. The fraction of sp³-hybridized carbons (Fsp3) is 0.278. The summed E-state index contributed by atoms with van der Waals surface area (Å²) in [5.74, 6) is 1.61. The molecule has 1 aliphatic rings. The topological polar surface area (TPSA) is 84.9 Å². The highest BCUT2D eigenvalue weighted by Crippen LogP contribution is 2.32. The zero-order chi connectivity index (χ0) is 17.2. The highest BCUT2D eigenvalue weighted by Gasteiger charge is 2.33. The number of nitrogens with zero attached hydrogens (tertiary/aromatic N) is 5. The smallest absolute Gasteiger partial charge is 0.224 e. The van der Waals surface area contributed by atoms with E-state index >= 15 is 0 Å². The van der Waals surface area contributed by atoms with Crippen LogP contribution in [-0.2, 0) is 0 Å². The Morgan fingerprint density at radius 1 is 1.16 bits per heavy atom. The van der Waals surface area contributed by atoms with E-state index in [0.717, 1.165) is 18.8 Å². The molecule has 3 heterocycles. The van der Waals surface area contributed by atoms with Crippen molar-refractivity contribution < 1.29 is 0 Å². The Kier molecular flexibility index (Phi) is 4.07. The van der Waals surface area contributed by atoms with Gasteiger partial charge in [-0.2, -0.15) is 15.1 Å². The molecule has 1 aromatic carbocycles. The molecule has 2 aromatic heterocycles. The van der Waals surface area contributed by atoms with Crippen LogP contribution in [0.5, 0.6) is 0 Å². The van der Waals surface area contributed by atoms with Crippen LogP contribution in [0.2, 0.25) is 0 Å². The Morgan fingerprint density at radius 2 is 2.00 bits per heavy atom. The van der Waals surface area contributed by atoms with E-state index in [0.29, 0.717) is 11.9 Å². The zero-order valence-corrected chi connectivity index (χ0v) is 14.1. The highest BCUT2D eigenvalue weighted by atomic mass is 15.3. The van der Waals surface area contributed by atoms with Crippen molar-refractivity contribution in [2.24, 2.45) is 0 Å². The van der Waals surface area contributed by atoms with E-state index in [1.165, 1.54) is 5.56 Å². The van der Waals surface area contributed by atoms with Gasteiger partial charge in [0, 0.05) is 31.0 Å². The number of hydrogen-bond acceptors (Lipinski definition) is 6. The van der Waals surface area contributed by atoms with Gasteiger partial charge in [0.05, 0.1) is 6.04 Å². The maximum absolute atomic E-state index is 5.90. The summed E-state index contributed by atoms with van der Waals surface area (Å²) in [6.45, 7) is 1.03. The maximum Gasteiger partial charge on any atom is 0.224 e. The van der Waals surface area contributed by atoms with Gasteiger partial charge in [-0.05, 0) is 25.1 Å². The van der Waals surface area contributed by atoms with Crippen LogP contribution < -0.4 is 11.1 Å². The second kappa shape index (κ2) is 6.52. The molecule has 0 saturated carbocycles. The molecule has 3 N–H and O–H groups in total. The summed E-state index contributed by atoms with van der Waals surface area (Å²) in [6, 6.07) is 14.8. The van der Waals surface area contributed by atoms with Crippen molar-refractivity contribution in [2.45, 2.75) is 18.5 Å². The van der Waals surface area contributed by atoms with Crippen molar-refractivity contribution in [3.8, 4) is 5.82 Å². The second-order valence-electron chi connectivity index (χ2n) is 6.30. The fourth-order valence-electron chi connectivity index (χ4n) is 3.47. The van der Waals surface area contributed by atoms with Crippen molar-refractivity contribution in [1.82, 2.24) is 24.6 Å². The van der Waals surface area contributed by atoms with E-state index in [2.05, 4.69) is 56.6 Å². The van der Waals surface area contributed by atoms with Gasteiger partial charge in [0.2, 0.25) is 5.95 Å². The third-order valence-electron chi connectivity index (χ3n) is 4.59. The SMILES string of the molecule is CN1CC[C@@H](Nc2cc(-n3cccn3)nc(N)n2)[C@H]1c1ccccc1. The Balaban J connectivity index is 1.61. The van der Waals surface area contributed by atoms with Crippen LogP contribution in [0.3, 0.4) is 0 Å². The molecule has 2 atom stereocenters. The van der Waals surface area contributed by atoms with Gasteiger partial charge >= 0.3 is 0 Å². The Hall–Kier alpha value is -2.93. The van der Waals surface area contributed by atoms with Gasteiger partial charge in [0.15, 0.2) is 5.82 Å². The third kappa shape index (κ3) is 3.18. The molecule has 7 heteroatoms. The molecule has 0 radical (unpaired) electrons. The lowest BCUT2D eigenvalue weighted by Gasteiger charge is -2.26. The first kappa shape index (κ1) is 15.6. The first-order valence-corrected chi connectivity index (χ1v) is 8.37. The summed E-state index contributed by atoms with van der Waals surface area (Å²) >= 11 is 0. The van der Waals surface area contributed by atoms with Crippen molar-refractivity contribution in [2.75, 3.05) is 24.6 Å². The second-order valence-corrected chi connectivity index (χ2v) is 6.30. The molecule has 7 nitrogen and oxygen atoms in total. The number of hydrogen-bond donors (Lipinski definition) is 2. The molecule has 1 aliphatic heterocycles. The third-order valence-corrected chi connectivity index (χ3v) is 4.59. The van der Waals surface area contributed by atoms with Crippen LogP contribution in [0, 0.1) is 0 Å². The van der Waals surface area contributed by atoms with Gasteiger partial charge < -0.3 is 11.1 Å². The van der Waals surface area contributed by atoms with Crippen molar-refractivity contribution in [3.05, 3.63) is 60.4 Å². The number of benzene rings is 1. The quantitative estimate of drug-likeness (QED) is 0.759. The largest absolute Gasteiger partial charge is 0.368 e. The average molecular weight is 335 g/mol. The van der Waals surface area contributed by atoms with Crippen LogP contribution in [0.4, 0.5) is 11.8 Å². The van der Waals surface area contributed by atoms with E-state index in [1.54, 1.807) is 10.9 Å². The standard InChI is InChI=1S/C18H21N7/c1-24-11-8-14(17(24)13-6-3-2-4-7-13)21-15-12-16(23-18(19)22-15)25-10-5-9-20-25/h2-7,9-10,12,14,17H,8,11H2,1H3,(H3,19,21,22,23)/t14-,17-/m1/s1. The summed E-state index contributed by atoms with van der Waals surface area (Å²) in [4.78, 5) is 11.0. The Bertz CT molecular complexity index is 832. The van der Waals surface area contributed by atoms with Crippen molar-refractivity contribution in [1.29, 1.82) is 0 Å². The predicted octanol–water partition coefficient (Wildman–Crippen LogP) is 2.10. The molecule has 25 heavy (non-hydrogen) atoms. The first-order chi connectivity index (χ1) is 12.2. The number of aromatic nitrogens is 4. The highest BCUT2D eigenvalue weighted by molar-refractivity contribution is 5.47. The number of anilines is 2. The molecule has 0 unspecified atom stereocenters. The minimum atomic E-state index is 0.234. The molecule has 3 aromatic rings. The number of likely N-dealkylation sites (tertiary alicyclic amines) is 1. The van der Waals surface area contributed by atoms with E-state index in [-0.39, 0.29) is 12.0 Å². The number of rotatable bonds is 4. The van der Waals surface area contributed by atoms with E-state index in [1.807, 2.05) is 24.4 Å². The molecular formula is C18H21N7. The first-order valence-electron chi connectivity index (χ1n) is 8.37. The molecule has 0 amide bonds. The van der Waals surface area contributed by atoms with Crippen LogP contribution in [0.1, 0.15) is 18.0 Å². The number of nitrogens with two attached hydrogens (primary N) is 1. The van der Waals surface area contributed by atoms with E-state index in [9.17, 15) is 0 Å². The summed E-state index contributed by atoms with van der Waals surface area (Å²) < 4.78 is 1.68. The lowest BCUT2D eigenvalue weighted by atomic mass is 10.0. The summed E-state index contributed by atoms with van der Waals surface area (Å²) in [7, 11) is 2.16. The normalized spacial score (nSPS) is 20.7. The minimum Gasteiger partial charge on any atom is -0.368 e. The van der Waals surface area contributed by atoms with Gasteiger partial charge in [-0.15, -0.1) is 0 Å². The average Bonchev–Trinajstić information content (AvgIpc) is 3.26. The zero-order valence-electron chi connectivity index (χ0n) is 14.1.